The smallest absolute Gasteiger partial charge is 0.321 e. The fourth-order valence-corrected chi connectivity index (χ4v) is 3.00. The average molecular weight is 317 g/mol. The highest BCUT2D eigenvalue weighted by atomic mass is 16.2. The summed E-state index contributed by atoms with van der Waals surface area (Å²) in [6.45, 7) is 7.97. The second-order valence-electron chi connectivity index (χ2n) is 6.31. The summed E-state index contributed by atoms with van der Waals surface area (Å²) in [7, 11) is 0. The van der Waals surface area contributed by atoms with Gasteiger partial charge in [-0.2, -0.15) is 0 Å². The molecular weight excluding hydrogens is 290 g/mol. The molecule has 5 nitrogen and oxygen atoms in total. The Morgan fingerprint density at radius 2 is 1.96 bits per heavy atom. The quantitative estimate of drug-likeness (QED) is 0.896. The highest BCUT2D eigenvalue weighted by Crippen LogP contribution is 2.22. The molecule has 1 aromatic rings. The third kappa shape index (κ3) is 4.71. The van der Waals surface area contributed by atoms with Crippen LogP contribution in [0.15, 0.2) is 18.2 Å². The number of para-hydroxylation sites is 1. The number of hydrogen-bond acceptors (Lipinski definition) is 2. The molecule has 23 heavy (non-hydrogen) atoms. The zero-order chi connectivity index (χ0) is 16.8. The van der Waals surface area contributed by atoms with Crippen LogP contribution in [0.1, 0.15) is 37.3 Å². The Morgan fingerprint density at radius 3 is 2.61 bits per heavy atom. The summed E-state index contributed by atoms with van der Waals surface area (Å²) in [5, 5.41) is 5.98. The normalized spacial score (nSPS) is 17.7. The van der Waals surface area contributed by atoms with E-state index in [1.807, 2.05) is 43.9 Å². The van der Waals surface area contributed by atoms with E-state index in [9.17, 15) is 9.59 Å². The van der Waals surface area contributed by atoms with Crippen LogP contribution in [0.3, 0.4) is 0 Å². The number of carbonyl (C=O) groups excluding carboxylic acids is 2. The van der Waals surface area contributed by atoms with Crippen LogP contribution in [-0.4, -0.2) is 36.5 Å². The van der Waals surface area contributed by atoms with E-state index >= 15 is 0 Å². The Hall–Kier alpha value is -2.04. The maximum atomic E-state index is 12.5. The highest BCUT2D eigenvalue weighted by Gasteiger charge is 2.24. The van der Waals surface area contributed by atoms with E-state index in [1.54, 1.807) is 0 Å². The molecule has 0 saturated carbocycles. The van der Waals surface area contributed by atoms with Crippen LogP contribution < -0.4 is 10.6 Å². The number of amides is 3. The molecule has 1 aromatic carbocycles. The number of benzene rings is 1. The van der Waals surface area contributed by atoms with Crippen molar-refractivity contribution in [2.75, 3.05) is 25.0 Å². The zero-order valence-corrected chi connectivity index (χ0v) is 14.3. The van der Waals surface area contributed by atoms with E-state index in [-0.39, 0.29) is 11.9 Å². The lowest BCUT2D eigenvalue weighted by atomic mass is 9.98. The molecule has 5 heteroatoms. The maximum Gasteiger partial charge on any atom is 0.321 e. The first-order valence-electron chi connectivity index (χ1n) is 8.40. The molecule has 126 valence electrons. The van der Waals surface area contributed by atoms with E-state index in [0.29, 0.717) is 25.4 Å². The third-order valence-corrected chi connectivity index (χ3v) is 4.43. The van der Waals surface area contributed by atoms with Crippen molar-refractivity contribution < 1.29 is 9.59 Å². The Labute approximate surface area is 138 Å². The lowest BCUT2D eigenvalue weighted by molar-refractivity contribution is -0.121. The van der Waals surface area contributed by atoms with Gasteiger partial charge in [0.2, 0.25) is 5.91 Å². The molecule has 1 unspecified atom stereocenters. The van der Waals surface area contributed by atoms with Gasteiger partial charge in [0.25, 0.3) is 0 Å². The Balaban J connectivity index is 1.93. The highest BCUT2D eigenvalue weighted by molar-refractivity contribution is 5.91. The minimum absolute atomic E-state index is 0.0473. The van der Waals surface area contributed by atoms with Crippen LogP contribution in [0.4, 0.5) is 10.5 Å². The number of carbonyl (C=O) groups is 2. The summed E-state index contributed by atoms with van der Waals surface area (Å²) in [6, 6.07) is 5.95. The van der Waals surface area contributed by atoms with Crippen molar-refractivity contribution in [1.29, 1.82) is 0 Å². The summed E-state index contributed by atoms with van der Waals surface area (Å²) in [5.74, 6) is 0.407. The molecule has 1 saturated heterocycles. The number of piperidine rings is 1. The van der Waals surface area contributed by atoms with Gasteiger partial charge in [0.1, 0.15) is 0 Å². The summed E-state index contributed by atoms with van der Waals surface area (Å²) < 4.78 is 0. The van der Waals surface area contributed by atoms with Gasteiger partial charge in [0.15, 0.2) is 0 Å². The summed E-state index contributed by atoms with van der Waals surface area (Å²) in [4.78, 5) is 25.8. The molecular formula is C18H27N3O2. The van der Waals surface area contributed by atoms with Crippen molar-refractivity contribution >= 4 is 17.6 Å². The Morgan fingerprint density at radius 1 is 1.26 bits per heavy atom. The standard InChI is InChI=1S/C18H27N3O2/c1-4-16(22)19-11-15-9-6-10-21(12-15)18(23)20-17-13(2)7-5-8-14(17)3/h5,7-8,15H,4,6,9-12H2,1-3H3,(H,19,22)(H,20,23). The summed E-state index contributed by atoms with van der Waals surface area (Å²) in [5.41, 5.74) is 3.04. The van der Waals surface area contributed by atoms with Crippen LogP contribution >= 0.6 is 0 Å². The molecule has 2 rings (SSSR count). The van der Waals surface area contributed by atoms with Crippen molar-refractivity contribution in [3.05, 3.63) is 29.3 Å². The van der Waals surface area contributed by atoms with Gasteiger partial charge in [-0.3, -0.25) is 4.79 Å². The number of nitrogens with zero attached hydrogens (tertiary/aromatic N) is 1. The van der Waals surface area contributed by atoms with Crippen molar-refractivity contribution in [2.24, 2.45) is 5.92 Å². The van der Waals surface area contributed by atoms with E-state index in [4.69, 9.17) is 0 Å². The SMILES string of the molecule is CCC(=O)NCC1CCCN(C(=O)Nc2c(C)cccc2C)C1. The predicted molar refractivity (Wildman–Crippen MR) is 92.5 cm³/mol. The monoisotopic (exact) mass is 317 g/mol. The van der Waals surface area contributed by atoms with Crippen molar-refractivity contribution in [3.8, 4) is 0 Å². The fraction of sp³-hybridized carbons (Fsp3) is 0.556. The number of hydrogen-bond donors (Lipinski definition) is 2. The number of rotatable bonds is 4. The summed E-state index contributed by atoms with van der Waals surface area (Å²) >= 11 is 0. The molecule has 0 bridgehead atoms. The maximum absolute atomic E-state index is 12.5. The van der Waals surface area contributed by atoms with Crippen LogP contribution in [-0.2, 0) is 4.79 Å². The molecule has 1 atom stereocenters. The van der Waals surface area contributed by atoms with Gasteiger partial charge in [0.05, 0.1) is 0 Å². The number of likely N-dealkylation sites (tertiary alicyclic amines) is 1. The first-order chi connectivity index (χ1) is 11.0. The van der Waals surface area contributed by atoms with Crippen molar-refractivity contribution in [2.45, 2.75) is 40.0 Å². The van der Waals surface area contributed by atoms with Gasteiger partial charge in [-0.05, 0) is 43.7 Å². The number of urea groups is 1. The van der Waals surface area contributed by atoms with Crippen molar-refractivity contribution in [3.63, 3.8) is 0 Å². The molecule has 3 amide bonds. The van der Waals surface area contributed by atoms with Crippen molar-refractivity contribution in [1.82, 2.24) is 10.2 Å². The molecule has 0 aromatic heterocycles. The molecule has 1 fully saturated rings. The minimum Gasteiger partial charge on any atom is -0.356 e. The Kier molecular flexibility index (Phi) is 6.02. The number of anilines is 1. The van der Waals surface area contributed by atoms with Gasteiger partial charge in [0, 0.05) is 31.7 Å². The van der Waals surface area contributed by atoms with Gasteiger partial charge in [-0.15, -0.1) is 0 Å². The minimum atomic E-state index is -0.0473. The van der Waals surface area contributed by atoms with Crippen LogP contribution in [0, 0.1) is 19.8 Å². The van der Waals surface area contributed by atoms with Gasteiger partial charge in [-0.25, -0.2) is 4.79 Å². The molecule has 2 N–H and O–H groups in total. The first-order valence-corrected chi connectivity index (χ1v) is 8.40. The third-order valence-electron chi connectivity index (χ3n) is 4.43. The Bertz CT molecular complexity index is 551. The van der Waals surface area contributed by atoms with E-state index in [2.05, 4.69) is 10.6 Å². The van der Waals surface area contributed by atoms with E-state index < -0.39 is 0 Å². The average Bonchev–Trinajstić information content (AvgIpc) is 2.56. The molecule has 0 spiro atoms. The summed E-state index contributed by atoms with van der Waals surface area (Å²) in [6.07, 6.45) is 2.54. The largest absolute Gasteiger partial charge is 0.356 e. The molecule has 0 radical (unpaired) electrons. The molecule has 1 aliphatic heterocycles. The molecule has 0 aliphatic carbocycles. The lowest BCUT2D eigenvalue weighted by Gasteiger charge is -2.33. The van der Waals surface area contributed by atoms with Crippen LogP contribution in [0.25, 0.3) is 0 Å². The fourth-order valence-electron chi connectivity index (χ4n) is 3.00. The lowest BCUT2D eigenvalue weighted by Crippen LogP contribution is -2.45. The second kappa shape index (κ2) is 7.99. The predicted octanol–water partition coefficient (Wildman–Crippen LogP) is 3.07. The topological polar surface area (TPSA) is 61.4 Å². The number of aryl methyl sites for hydroxylation is 2. The first kappa shape index (κ1) is 17.3. The van der Waals surface area contributed by atoms with Gasteiger partial charge < -0.3 is 15.5 Å². The number of nitrogens with one attached hydrogen (secondary N) is 2. The van der Waals surface area contributed by atoms with Gasteiger partial charge >= 0.3 is 6.03 Å². The van der Waals surface area contributed by atoms with E-state index in [0.717, 1.165) is 36.2 Å². The second-order valence-corrected chi connectivity index (χ2v) is 6.31. The zero-order valence-electron chi connectivity index (χ0n) is 14.3. The van der Waals surface area contributed by atoms with Crippen LogP contribution in [0.5, 0.6) is 0 Å². The van der Waals surface area contributed by atoms with Crippen LogP contribution in [0.2, 0.25) is 0 Å². The molecule has 1 aliphatic rings. The van der Waals surface area contributed by atoms with E-state index in [1.165, 1.54) is 0 Å². The van der Waals surface area contributed by atoms with Gasteiger partial charge in [-0.1, -0.05) is 25.1 Å². The molecule has 1 heterocycles.